The van der Waals surface area contributed by atoms with Gasteiger partial charge in [0.15, 0.2) is 5.44 Å². The molecule has 1 fully saturated rings. The van der Waals surface area contributed by atoms with E-state index in [1.165, 1.54) is 24.5 Å². The molecule has 1 aromatic carbocycles. The average molecular weight is 387 g/mol. The first-order chi connectivity index (χ1) is 12.3. The van der Waals surface area contributed by atoms with Crippen molar-refractivity contribution in [2.24, 2.45) is 0 Å². The fraction of sp³-hybridized carbons (Fsp3) is 0.353. The molecule has 3 rings (SSSR count). The van der Waals surface area contributed by atoms with Crippen LogP contribution in [0.15, 0.2) is 42.7 Å². The molecule has 1 aliphatic heterocycles. The minimum atomic E-state index is -4.42. The Kier molecular flexibility index (Phi) is 5.42. The molecule has 0 aliphatic carbocycles. The molecule has 1 aromatic heterocycles. The van der Waals surface area contributed by atoms with Gasteiger partial charge in [-0.25, -0.2) is 0 Å². The maximum atomic E-state index is 12.7. The number of benzene rings is 1. The second kappa shape index (κ2) is 7.43. The zero-order valence-electron chi connectivity index (χ0n) is 13.3. The number of alkyl halides is 3. The fourth-order valence-corrected chi connectivity index (χ4v) is 3.67. The van der Waals surface area contributed by atoms with Gasteiger partial charge in [-0.15, -0.1) is 11.8 Å². The number of aliphatic hydroxyl groups is 3. The molecular formula is C17H16F3NO4S. The summed E-state index contributed by atoms with van der Waals surface area (Å²) in [6.45, 7) is 0. The SMILES string of the molecule is O[C@@H]1[C@@H](O)[C@@H](Oc2cnccc2-c2ccc(C(F)(F)F)cc2)SC[C@H]1O. The van der Waals surface area contributed by atoms with Gasteiger partial charge in [0.25, 0.3) is 0 Å². The zero-order chi connectivity index (χ0) is 18.9. The normalized spacial score (nSPS) is 26.5. The fourth-order valence-electron chi connectivity index (χ4n) is 2.56. The van der Waals surface area contributed by atoms with Gasteiger partial charge >= 0.3 is 6.18 Å². The number of thioether (sulfide) groups is 1. The Morgan fingerprint density at radius 1 is 1.04 bits per heavy atom. The van der Waals surface area contributed by atoms with Gasteiger partial charge in [0.05, 0.1) is 17.9 Å². The van der Waals surface area contributed by atoms with Crippen molar-refractivity contribution in [1.29, 1.82) is 0 Å². The second-order valence-electron chi connectivity index (χ2n) is 5.82. The van der Waals surface area contributed by atoms with Crippen LogP contribution in [0.5, 0.6) is 5.75 Å². The lowest BCUT2D eigenvalue weighted by atomic mass is 10.0. The van der Waals surface area contributed by atoms with Crippen LogP contribution in [0.4, 0.5) is 13.2 Å². The van der Waals surface area contributed by atoms with E-state index in [-0.39, 0.29) is 11.5 Å². The van der Waals surface area contributed by atoms with E-state index in [0.717, 1.165) is 23.9 Å². The van der Waals surface area contributed by atoms with Crippen molar-refractivity contribution in [1.82, 2.24) is 4.98 Å². The minimum absolute atomic E-state index is 0.179. The van der Waals surface area contributed by atoms with E-state index in [1.807, 2.05) is 0 Å². The summed E-state index contributed by atoms with van der Waals surface area (Å²) in [7, 11) is 0. The highest BCUT2D eigenvalue weighted by atomic mass is 32.2. The lowest BCUT2D eigenvalue weighted by molar-refractivity contribution is -0.137. The Balaban J connectivity index is 1.85. The summed E-state index contributed by atoms with van der Waals surface area (Å²) in [5.74, 6) is 0.436. The summed E-state index contributed by atoms with van der Waals surface area (Å²) in [5, 5.41) is 29.4. The third-order valence-electron chi connectivity index (χ3n) is 4.01. The monoisotopic (exact) mass is 387 g/mol. The Labute approximate surface area is 151 Å². The van der Waals surface area contributed by atoms with E-state index in [9.17, 15) is 28.5 Å². The van der Waals surface area contributed by atoms with E-state index in [4.69, 9.17) is 4.74 Å². The van der Waals surface area contributed by atoms with Gasteiger partial charge in [0, 0.05) is 17.5 Å². The maximum absolute atomic E-state index is 12.7. The van der Waals surface area contributed by atoms with Gasteiger partial charge in [0.1, 0.15) is 18.0 Å². The van der Waals surface area contributed by atoms with Gasteiger partial charge in [-0.05, 0) is 23.8 Å². The molecule has 0 radical (unpaired) electrons. The van der Waals surface area contributed by atoms with Crippen molar-refractivity contribution < 1.29 is 33.2 Å². The second-order valence-corrected chi connectivity index (χ2v) is 6.95. The number of halogens is 3. The van der Waals surface area contributed by atoms with Crippen LogP contribution in [-0.2, 0) is 6.18 Å². The van der Waals surface area contributed by atoms with Crippen LogP contribution in [0.1, 0.15) is 5.56 Å². The first-order valence-corrected chi connectivity index (χ1v) is 8.76. The molecule has 0 spiro atoms. The molecule has 2 aromatic rings. The maximum Gasteiger partial charge on any atom is 0.416 e. The number of hydrogen-bond donors (Lipinski definition) is 3. The Morgan fingerprint density at radius 3 is 2.38 bits per heavy atom. The third-order valence-corrected chi connectivity index (χ3v) is 5.24. The predicted molar refractivity (Wildman–Crippen MR) is 89.6 cm³/mol. The molecule has 4 atom stereocenters. The van der Waals surface area contributed by atoms with Gasteiger partial charge in [-0.1, -0.05) is 12.1 Å². The summed E-state index contributed by atoms with van der Waals surface area (Å²) < 4.78 is 43.9. The van der Waals surface area contributed by atoms with Crippen LogP contribution in [0.25, 0.3) is 11.1 Å². The molecule has 140 valence electrons. The van der Waals surface area contributed by atoms with Crippen LogP contribution >= 0.6 is 11.8 Å². The third kappa shape index (κ3) is 3.96. The molecule has 0 saturated carbocycles. The van der Waals surface area contributed by atoms with Crippen molar-refractivity contribution in [3.05, 3.63) is 48.3 Å². The van der Waals surface area contributed by atoms with Crippen molar-refractivity contribution in [3.63, 3.8) is 0 Å². The standard InChI is InChI=1S/C17H16F3NO4S/c18-17(19,20)10-3-1-9(2-4-10)11-5-6-21-7-13(11)25-16-15(24)14(23)12(22)8-26-16/h1-7,12,14-16,22-24H,8H2/t12-,14+,15-,16+/m1/s1. The highest BCUT2D eigenvalue weighted by Gasteiger charge is 2.39. The minimum Gasteiger partial charge on any atom is -0.475 e. The molecule has 9 heteroatoms. The van der Waals surface area contributed by atoms with Gasteiger partial charge in [0.2, 0.25) is 0 Å². The van der Waals surface area contributed by atoms with E-state index in [1.54, 1.807) is 6.07 Å². The quantitative estimate of drug-likeness (QED) is 0.750. The Hall–Kier alpha value is -1.81. The molecule has 0 bridgehead atoms. The predicted octanol–water partition coefficient (Wildman–Crippen LogP) is 2.30. The van der Waals surface area contributed by atoms with Crippen molar-refractivity contribution in [2.75, 3.05) is 5.75 Å². The summed E-state index contributed by atoms with van der Waals surface area (Å²) in [5.41, 5.74) is -0.604. The van der Waals surface area contributed by atoms with Crippen LogP contribution in [0.2, 0.25) is 0 Å². The van der Waals surface area contributed by atoms with Gasteiger partial charge < -0.3 is 20.1 Å². The number of aromatic nitrogens is 1. The van der Waals surface area contributed by atoms with Crippen molar-refractivity contribution in [3.8, 4) is 16.9 Å². The number of hydrogen-bond acceptors (Lipinski definition) is 6. The van der Waals surface area contributed by atoms with Gasteiger partial charge in [-0.3, -0.25) is 4.98 Å². The summed E-state index contributed by atoms with van der Waals surface area (Å²) in [4.78, 5) is 3.94. The highest BCUT2D eigenvalue weighted by molar-refractivity contribution is 7.99. The van der Waals surface area contributed by atoms with E-state index < -0.39 is 35.5 Å². The lowest BCUT2D eigenvalue weighted by Crippen LogP contribution is -2.50. The molecule has 0 amide bonds. The van der Waals surface area contributed by atoms with Gasteiger partial charge in [-0.2, -0.15) is 13.2 Å². The molecule has 26 heavy (non-hydrogen) atoms. The lowest BCUT2D eigenvalue weighted by Gasteiger charge is -2.34. The Morgan fingerprint density at radius 2 is 1.73 bits per heavy atom. The molecule has 1 aliphatic rings. The summed E-state index contributed by atoms with van der Waals surface area (Å²) >= 11 is 1.13. The van der Waals surface area contributed by atoms with Crippen LogP contribution in [-0.4, -0.2) is 49.8 Å². The van der Waals surface area contributed by atoms with E-state index in [2.05, 4.69) is 4.98 Å². The molecule has 3 N–H and O–H groups in total. The van der Waals surface area contributed by atoms with Crippen molar-refractivity contribution in [2.45, 2.75) is 29.9 Å². The van der Waals surface area contributed by atoms with Crippen LogP contribution in [0, 0.1) is 0 Å². The number of ether oxygens (including phenoxy) is 1. The first-order valence-electron chi connectivity index (χ1n) is 7.71. The molecule has 5 nitrogen and oxygen atoms in total. The number of pyridine rings is 1. The van der Waals surface area contributed by atoms with Crippen LogP contribution in [0.3, 0.4) is 0 Å². The topological polar surface area (TPSA) is 82.8 Å². The number of rotatable bonds is 3. The van der Waals surface area contributed by atoms with E-state index >= 15 is 0 Å². The number of aliphatic hydroxyl groups excluding tert-OH is 3. The molecule has 2 heterocycles. The Bertz CT molecular complexity index is 756. The molecular weight excluding hydrogens is 371 g/mol. The molecule has 0 unspecified atom stereocenters. The summed E-state index contributed by atoms with van der Waals surface area (Å²) in [6, 6.07) is 6.19. The van der Waals surface area contributed by atoms with Crippen LogP contribution < -0.4 is 4.74 Å². The highest BCUT2D eigenvalue weighted by Crippen LogP contribution is 2.36. The smallest absolute Gasteiger partial charge is 0.416 e. The largest absolute Gasteiger partial charge is 0.475 e. The first kappa shape index (κ1) is 19.0. The average Bonchev–Trinajstić information content (AvgIpc) is 2.62. The summed E-state index contributed by atoms with van der Waals surface area (Å²) in [6.07, 6.45) is -5.27. The van der Waals surface area contributed by atoms with E-state index in [0.29, 0.717) is 11.1 Å². The van der Waals surface area contributed by atoms with Crippen molar-refractivity contribution >= 4 is 11.8 Å². The molecule has 1 saturated heterocycles. The zero-order valence-corrected chi connectivity index (χ0v) is 14.1. The number of nitrogens with zero attached hydrogens (tertiary/aromatic N) is 1.